The monoisotopic (exact) mass is 408 g/mol. The molecular formula is C24H28N2O4. The van der Waals surface area contributed by atoms with Gasteiger partial charge in [-0.05, 0) is 59.4 Å². The Bertz CT molecular complexity index is 952. The van der Waals surface area contributed by atoms with E-state index in [0.29, 0.717) is 18.8 Å². The van der Waals surface area contributed by atoms with Gasteiger partial charge in [-0.25, -0.2) is 0 Å². The van der Waals surface area contributed by atoms with Crippen molar-refractivity contribution in [3.8, 4) is 17.2 Å². The number of phenols is 1. The molecule has 2 aliphatic rings. The van der Waals surface area contributed by atoms with E-state index < -0.39 is 0 Å². The van der Waals surface area contributed by atoms with Crippen molar-refractivity contribution in [3.05, 3.63) is 59.2 Å². The molecule has 0 saturated carbocycles. The second-order valence-electron chi connectivity index (χ2n) is 7.80. The van der Waals surface area contributed by atoms with Crippen LogP contribution in [-0.4, -0.2) is 61.2 Å². The van der Waals surface area contributed by atoms with Crippen molar-refractivity contribution in [1.82, 2.24) is 9.80 Å². The molecule has 4 rings (SSSR count). The van der Waals surface area contributed by atoms with Crippen LogP contribution in [0.3, 0.4) is 0 Å². The van der Waals surface area contributed by atoms with Crippen LogP contribution in [0.15, 0.2) is 42.5 Å². The van der Waals surface area contributed by atoms with Crippen LogP contribution in [0.25, 0.3) is 5.57 Å². The number of ether oxygens (including phenoxy) is 2. The topological polar surface area (TPSA) is 62.2 Å². The van der Waals surface area contributed by atoms with Gasteiger partial charge in [-0.1, -0.05) is 18.2 Å². The minimum absolute atomic E-state index is 0.164. The first-order valence-corrected chi connectivity index (χ1v) is 10.3. The molecule has 0 saturated heterocycles. The molecule has 0 bridgehead atoms. The first-order chi connectivity index (χ1) is 14.6. The molecule has 2 aromatic carbocycles. The standard InChI is InChI=1S/C24H28N2O4/c1-29-22-13-19-9-12-26(15-20(19)14-23(22)30-2)24(28)16-25-10-7-18(8-11-25)17-3-5-21(27)6-4-17/h3-7,13-14,27H,8-12,15-16H2,1-2H3. The van der Waals surface area contributed by atoms with Crippen LogP contribution < -0.4 is 9.47 Å². The Morgan fingerprint density at radius 2 is 1.70 bits per heavy atom. The Morgan fingerprint density at radius 3 is 2.33 bits per heavy atom. The van der Waals surface area contributed by atoms with Gasteiger partial charge in [0.15, 0.2) is 11.5 Å². The van der Waals surface area contributed by atoms with Crippen molar-refractivity contribution < 1.29 is 19.4 Å². The van der Waals surface area contributed by atoms with Gasteiger partial charge in [0.2, 0.25) is 5.91 Å². The third-order valence-corrected chi connectivity index (χ3v) is 5.96. The molecular weight excluding hydrogens is 380 g/mol. The summed E-state index contributed by atoms with van der Waals surface area (Å²) in [7, 11) is 3.27. The van der Waals surface area contributed by atoms with Gasteiger partial charge in [0, 0.05) is 26.2 Å². The summed E-state index contributed by atoms with van der Waals surface area (Å²) in [5.74, 6) is 1.88. The smallest absolute Gasteiger partial charge is 0.237 e. The number of phenolic OH excluding ortho intramolecular Hbond substituents is 1. The van der Waals surface area contributed by atoms with E-state index in [1.54, 1.807) is 26.4 Å². The van der Waals surface area contributed by atoms with Gasteiger partial charge < -0.3 is 19.5 Å². The largest absolute Gasteiger partial charge is 0.508 e. The zero-order valence-corrected chi connectivity index (χ0v) is 17.6. The third kappa shape index (κ3) is 4.28. The van der Waals surface area contributed by atoms with Crippen LogP contribution in [0, 0.1) is 0 Å². The van der Waals surface area contributed by atoms with Gasteiger partial charge >= 0.3 is 0 Å². The maximum absolute atomic E-state index is 12.9. The minimum atomic E-state index is 0.164. The number of nitrogens with zero attached hydrogens (tertiary/aromatic N) is 2. The lowest BCUT2D eigenvalue weighted by Crippen LogP contribution is -2.43. The number of hydrogen-bond acceptors (Lipinski definition) is 5. The van der Waals surface area contributed by atoms with Gasteiger partial charge in [-0.15, -0.1) is 0 Å². The normalized spacial score (nSPS) is 16.6. The van der Waals surface area contributed by atoms with Crippen molar-refractivity contribution in [2.75, 3.05) is 40.4 Å². The van der Waals surface area contributed by atoms with Crippen LogP contribution in [0.2, 0.25) is 0 Å². The highest BCUT2D eigenvalue weighted by Gasteiger charge is 2.25. The van der Waals surface area contributed by atoms with Gasteiger partial charge in [-0.3, -0.25) is 9.69 Å². The molecule has 0 radical (unpaired) electrons. The fraction of sp³-hybridized carbons (Fsp3) is 0.375. The molecule has 30 heavy (non-hydrogen) atoms. The van der Waals surface area contributed by atoms with Crippen molar-refractivity contribution in [1.29, 1.82) is 0 Å². The molecule has 1 amide bonds. The average molecular weight is 408 g/mol. The molecule has 1 N–H and O–H groups in total. The number of carbonyl (C=O) groups excluding carboxylic acids is 1. The number of hydrogen-bond donors (Lipinski definition) is 1. The first-order valence-electron chi connectivity index (χ1n) is 10.3. The number of carbonyl (C=O) groups is 1. The van der Waals surface area contributed by atoms with Crippen molar-refractivity contribution in [3.63, 3.8) is 0 Å². The highest BCUT2D eigenvalue weighted by molar-refractivity contribution is 5.79. The fourth-order valence-corrected chi connectivity index (χ4v) is 4.18. The quantitative estimate of drug-likeness (QED) is 0.824. The van der Waals surface area contributed by atoms with E-state index in [-0.39, 0.29) is 11.7 Å². The van der Waals surface area contributed by atoms with Gasteiger partial charge in [-0.2, -0.15) is 0 Å². The lowest BCUT2D eigenvalue weighted by atomic mass is 9.98. The predicted molar refractivity (Wildman–Crippen MR) is 116 cm³/mol. The Labute approximate surface area is 177 Å². The minimum Gasteiger partial charge on any atom is -0.508 e. The lowest BCUT2D eigenvalue weighted by Gasteiger charge is -2.32. The van der Waals surface area contributed by atoms with E-state index in [9.17, 15) is 9.90 Å². The molecule has 6 nitrogen and oxygen atoms in total. The summed E-state index contributed by atoms with van der Waals surface area (Å²) in [6, 6.07) is 11.3. The predicted octanol–water partition coefficient (Wildman–Crippen LogP) is 3.08. The summed E-state index contributed by atoms with van der Waals surface area (Å²) < 4.78 is 10.8. The highest BCUT2D eigenvalue weighted by Crippen LogP contribution is 2.33. The average Bonchev–Trinajstić information content (AvgIpc) is 2.78. The SMILES string of the molecule is COc1cc2c(cc1OC)CN(C(=O)CN1CC=C(c3ccc(O)cc3)CC1)CC2. The number of amides is 1. The maximum atomic E-state index is 12.9. The van der Waals surface area contributed by atoms with Crippen molar-refractivity contribution in [2.24, 2.45) is 0 Å². The molecule has 0 unspecified atom stereocenters. The van der Waals surface area contributed by atoms with Crippen LogP contribution in [-0.2, 0) is 17.8 Å². The molecule has 2 heterocycles. The van der Waals surface area contributed by atoms with Gasteiger partial charge in [0.1, 0.15) is 5.75 Å². The van der Waals surface area contributed by atoms with E-state index in [4.69, 9.17) is 9.47 Å². The summed E-state index contributed by atoms with van der Waals surface area (Å²) in [6.45, 7) is 3.38. The van der Waals surface area contributed by atoms with Crippen LogP contribution in [0.4, 0.5) is 0 Å². The Morgan fingerprint density at radius 1 is 1.00 bits per heavy atom. The fourth-order valence-electron chi connectivity index (χ4n) is 4.18. The van der Waals surface area contributed by atoms with Crippen LogP contribution >= 0.6 is 0 Å². The molecule has 0 atom stereocenters. The van der Waals surface area contributed by atoms with Crippen LogP contribution in [0.1, 0.15) is 23.1 Å². The zero-order valence-electron chi connectivity index (χ0n) is 17.6. The summed E-state index contributed by atoms with van der Waals surface area (Å²) >= 11 is 0. The van der Waals surface area contributed by atoms with Crippen molar-refractivity contribution >= 4 is 11.5 Å². The van der Waals surface area contributed by atoms with Gasteiger partial charge in [0.25, 0.3) is 0 Å². The van der Waals surface area contributed by atoms with E-state index in [1.807, 2.05) is 29.2 Å². The molecule has 0 fully saturated rings. The molecule has 6 heteroatoms. The van der Waals surface area contributed by atoms with E-state index in [2.05, 4.69) is 11.0 Å². The van der Waals surface area contributed by atoms with Gasteiger partial charge in [0.05, 0.1) is 20.8 Å². The van der Waals surface area contributed by atoms with E-state index in [0.717, 1.165) is 49.4 Å². The van der Waals surface area contributed by atoms with Crippen molar-refractivity contribution in [2.45, 2.75) is 19.4 Å². The molecule has 0 aliphatic carbocycles. The number of methoxy groups -OCH3 is 2. The summed E-state index contributed by atoms with van der Waals surface area (Å²) in [4.78, 5) is 17.1. The lowest BCUT2D eigenvalue weighted by molar-refractivity contribution is -0.133. The second kappa shape index (κ2) is 8.79. The van der Waals surface area contributed by atoms with Crippen LogP contribution in [0.5, 0.6) is 17.2 Å². The Hall–Kier alpha value is -2.99. The Balaban J connectivity index is 1.37. The summed E-state index contributed by atoms with van der Waals surface area (Å²) in [6.07, 6.45) is 3.91. The molecule has 2 aromatic rings. The summed E-state index contributed by atoms with van der Waals surface area (Å²) in [5, 5.41) is 9.45. The molecule has 2 aliphatic heterocycles. The van der Waals surface area contributed by atoms with E-state index in [1.165, 1.54) is 11.1 Å². The maximum Gasteiger partial charge on any atom is 0.237 e. The third-order valence-electron chi connectivity index (χ3n) is 5.96. The number of aromatic hydroxyl groups is 1. The van der Waals surface area contributed by atoms with E-state index >= 15 is 0 Å². The summed E-state index contributed by atoms with van der Waals surface area (Å²) in [5.41, 5.74) is 4.75. The zero-order chi connectivity index (χ0) is 21.1. The highest BCUT2D eigenvalue weighted by atomic mass is 16.5. The molecule has 0 aromatic heterocycles. The molecule has 158 valence electrons. The Kier molecular flexibility index (Phi) is 5.95. The molecule has 0 spiro atoms. The number of fused-ring (bicyclic) bond motifs is 1. The number of benzene rings is 2. The second-order valence-corrected chi connectivity index (χ2v) is 7.80. The first kappa shape index (κ1) is 20.3. The number of rotatable bonds is 5.